The Morgan fingerprint density at radius 2 is 1.58 bits per heavy atom. The summed E-state index contributed by atoms with van der Waals surface area (Å²) in [5.74, 6) is -0.545. The molecular formula is C15H14ClNO6S. The number of carboxylic acid groups (broad SMARTS) is 1. The molecule has 1 atom stereocenters. The molecule has 0 amide bonds. The van der Waals surface area contributed by atoms with Gasteiger partial charge in [0, 0.05) is 5.02 Å². The summed E-state index contributed by atoms with van der Waals surface area (Å²) in [6.45, 7) is -0.855. The van der Waals surface area contributed by atoms with E-state index in [4.69, 9.17) is 26.6 Å². The van der Waals surface area contributed by atoms with Crippen molar-refractivity contribution < 1.29 is 28.2 Å². The Morgan fingerprint density at radius 3 is 2.04 bits per heavy atom. The summed E-state index contributed by atoms with van der Waals surface area (Å²) >= 11 is 5.77. The number of carboxylic acids is 1. The number of rotatable bonds is 7. The number of carbonyl (C=O) groups is 1. The smallest absolute Gasteiger partial charge is 0.324 e. The second-order valence-corrected chi connectivity index (χ2v) is 6.87. The van der Waals surface area contributed by atoms with Crippen LogP contribution in [0.5, 0.6) is 11.5 Å². The van der Waals surface area contributed by atoms with Crippen molar-refractivity contribution in [2.75, 3.05) is 6.61 Å². The molecule has 24 heavy (non-hydrogen) atoms. The third-order valence-electron chi connectivity index (χ3n) is 2.96. The minimum Gasteiger partial charge on any atom is -0.480 e. The van der Waals surface area contributed by atoms with Crippen LogP contribution >= 0.6 is 11.6 Å². The Labute approximate surface area is 143 Å². The highest BCUT2D eigenvalue weighted by Gasteiger charge is 2.24. The number of aliphatic carboxylic acids is 1. The zero-order valence-electron chi connectivity index (χ0n) is 12.2. The average Bonchev–Trinajstić information content (AvgIpc) is 2.55. The highest BCUT2D eigenvalue weighted by molar-refractivity contribution is 7.89. The van der Waals surface area contributed by atoms with Gasteiger partial charge in [0.2, 0.25) is 10.0 Å². The highest BCUT2D eigenvalue weighted by Crippen LogP contribution is 2.24. The summed E-state index contributed by atoms with van der Waals surface area (Å²) < 4.78 is 31.6. The number of halogens is 1. The number of ether oxygens (including phenoxy) is 1. The molecule has 9 heteroatoms. The summed E-state index contributed by atoms with van der Waals surface area (Å²) in [7, 11) is -4.08. The lowest BCUT2D eigenvalue weighted by Crippen LogP contribution is -2.43. The fourth-order valence-electron chi connectivity index (χ4n) is 1.75. The van der Waals surface area contributed by atoms with E-state index in [1.54, 1.807) is 24.3 Å². The van der Waals surface area contributed by atoms with E-state index in [1.165, 1.54) is 24.3 Å². The second-order valence-electron chi connectivity index (χ2n) is 4.72. The number of sulfonamides is 1. The van der Waals surface area contributed by atoms with E-state index >= 15 is 0 Å². The van der Waals surface area contributed by atoms with Gasteiger partial charge in [-0.15, -0.1) is 0 Å². The van der Waals surface area contributed by atoms with Gasteiger partial charge in [0.1, 0.15) is 17.5 Å². The maximum Gasteiger partial charge on any atom is 0.324 e. The standard InChI is InChI=1S/C15H14ClNO6S/c16-10-1-3-11(4-2-10)23-12-5-7-13(8-6-12)24(21,22)17-14(9-18)15(19)20/h1-8,14,17-18H,9H2,(H,19,20)/t14-/m0/s1. The number of aliphatic hydroxyl groups excluding tert-OH is 1. The van der Waals surface area contributed by atoms with Crippen LogP contribution in [0.15, 0.2) is 53.4 Å². The van der Waals surface area contributed by atoms with Crippen LogP contribution < -0.4 is 9.46 Å². The normalized spacial score (nSPS) is 12.6. The Hall–Kier alpha value is -2.13. The molecule has 0 radical (unpaired) electrons. The molecule has 0 bridgehead atoms. The molecule has 0 spiro atoms. The van der Waals surface area contributed by atoms with Gasteiger partial charge in [-0.2, -0.15) is 4.72 Å². The second kappa shape index (κ2) is 7.63. The molecule has 2 rings (SSSR count). The van der Waals surface area contributed by atoms with E-state index in [1.807, 2.05) is 4.72 Å². The Morgan fingerprint density at radius 1 is 1.08 bits per heavy atom. The van der Waals surface area contributed by atoms with Crippen molar-refractivity contribution >= 4 is 27.6 Å². The van der Waals surface area contributed by atoms with Gasteiger partial charge in [0.15, 0.2) is 0 Å². The topological polar surface area (TPSA) is 113 Å². The number of benzene rings is 2. The minimum atomic E-state index is -4.08. The molecule has 0 aliphatic carbocycles. The summed E-state index contributed by atoms with van der Waals surface area (Å²) in [6.07, 6.45) is 0. The van der Waals surface area contributed by atoms with Gasteiger partial charge >= 0.3 is 5.97 Å². The molecule has 0 unspecified atom stereocenters. The molecule has 0 aliphatic rings. The Balaban J connectivity index is 2.13. The van der Waals surface area contributed by atoms with E-state index in [0.717, 1.165) is 0 Å². The number of nitrogens with one attached hydrogen (secondary N) is 1. The van der Waals surface area contributed by atoms with E-state index in [0.29, 0.717) is 16.5 Å². The summed E-state index contributed by atoms with van der Waals surface area (Å²) in [6, 6.07) is 10.4. The lowest BCUT2D eigenvalue weighted by atomic mass is 10.3. The van der Waals surface area contributed by atoms with Crippen molar-refractivity contribution in [1.82, 2.24) is 4.72 Å². The molecule has 3 N–H and O–H groups in total. The predicted octanol–water partition coefficient (Wildman–Crippen LogP) is 1.86. The molecule has 128 valence electrons. The highest BCUT2D eigenvalue weighted by atomic mass is 35.5. The molecule has 0 heterocycles. The molecule has 7 nitrogen and oxygen atoms in total. The van der Waals surface area contributed by atoms with Crippen molar-refractivity contribution in [2.24, 2.45) is 0 Å². The van der Waals surface area contributed by atoms with Crippen LogP contribution in [0.2, 0.25) is 5.02 Å². The lowest BCUT2D eigenvalue weighted by molar-refractivity contribution is -0.139. The maximum absolute atomic E-state index is 12.1. The minimum absolute atomic E-state index is 0.148. The van der Waals surface area contributed by atoms with Crippen LogP contribution in [0.1, 0.15) is 0 Å². The molecule has 0 saturated heterocycles. The van der Waals surface area contributed by atoms with Crippen molar-refractivity contribution in [3.05, 3.63) is 53.6 Å². The average molecular weight is 372 g/mol. The van der Waals surface area contributed by atoms with Gasteiger partial charge < -0.3 is 14.9 Å². The first-order chi connectivity index (χ1) is 11.3. The van der Waals surface area contributed by atoms with Crippen molar-refractivity contribution in [2.45, 2.75) is 10.9 Å². The Kier molecular flexibility index (Phi) is 5.79. The van der Waals surface area contributed by atoms with Crippen LogP contribution in [0, 0.1) is 0 Å². The Bertz CT molecular complexity index is 805. The van der Waals surface area contributed by atoms with Crippen LogP contribution in [0.25, 0.3) is 0 Å². The van der Waals surface area contributed by atoms with Crippen LogP contribution in [-0.2, 0) is 14.8 Å². The van der Waals surface area contributed by atoms with E-state index < -0.39 is 28.6 Å². The quantitative estimate of drug-likeness (QED) is 0.684. The molecule has 2 aromatic carbocycles. The molecule has 2 aromatic rings. The molecule has 0 saturated carbocycles. The first-order valence-electron chi connectivity index (χ1n) is 6.71. The molecular weight excluding hydrogens is 358 g/mol. The third-order valence-corrected chi connectivity index (χ3v) is 4.70. The predicted molar refractivity (Wildman–Crippen MR) is 86.8 cm³/mol. The molecule has 0 aromatic heterocycles. The lowest BCUT2D eigenvalue weighted by Gasteiger charge is -2.12. The van der Waals surface area contributed by atoms with Crippen LogP contribution in [0.4, 0.5) is 0 Å². The SMILES string of the molecule is O=C(O)[C@H](CO)NS(=O)(=O)c1ccc(Oc2ccc(Cl)cc2)cc1. The van der Waals surface area contributed by atoms with Gasteiger partial charge in [-0.1, -0.05) is 11.6 Å². The van der Waals surface area contributed by atoms with Gasteiger partial charge in [-0.25, -0.2) is 8.42 Å². The van der Waals surface area contributed by atoms with Gasteiger partial charge in [0.25, 0.3) is 0 Å². The zero-order valence-corrected chi connectivity index (χ0v) is 13.8. The summed E-state index contributed by atoms with van der Waals surface area (Å²) in [5, 5.41) is 18.3. The van der Waals surface area contributed by atoms with Gasteiger partial charge in [-0.05, 0) is 48.5 Å². The summed E-state index contributed by atoms with van der Waals surface area (Å²) in [4.78, 5) is 10.7. The number of hydrogen-bond acceptors (Lipinski definition) is 5. The largest absolute Gasteiger partial charge is 0.480 e. The van der Waals surface area contributed by atoms with Crippen molar-refractivity contribution in [3.63, 3.8) is 0 Å². The fourth-order valence-corrected chi connectivity index (χ4v) is 3.05. The summed E-state index contributed by atoms with van der Waals surface area (Å²) in [5.41, 5.74) is 0. The first kappa shape index (κ1) is 18.2. The van der Waals surface area contributed by atoms with Gasteiger partial charge in [-0.3, -0.25) is 4.79 Å². The molecule has 0 fully saturated rings. The number of aliphatic hydroxyl groups is 1. The van der Waals surface area contributed by atoms with Crippen molar-refractivity contribution in [3.8, 4) is 11.5 Å². The number of hydrogen-bond donors (Lipinski definition) is 3. The van der Waals surface area contributed by atoms with Gasteiger partial charge in [0.05, 0.1) is 11.5 Å². The molecule has 0 aliphatic heterocycles. The zero-order chi connectivity index (χ0) is 17.7. The first-order valence-corrected chi connectivity index (χ1v) is 8.57. The van der Waals surface area contributed by atoms with E-state index in [2.05, 4.69) is 0 Å². The third kappa shape index (κ3) is 4.68. The van der Waals surface area contributed by atoms with Crippen LogP contribution in [0.3, 0.4) is 0 Å². The maximum atomic E-state index is 12.1. The van der Waals surface area contributed by atoms with Crippen LogP contribution in [-0.4, -0.2) is 37.2 Å². The fraction of sp³-hybridized carbons (Fsp3) is 0.133. The van der Waals surface area contributed by atoms with E-state index in [9.17, 15) is 13.2 Å². The van der Waals surface area contributed by atoms with E-state index in [-0.39, 0.29) is 4.90 Å². The van der Waals surface area contributed by atoms with Crippen molar-refractivity contribution in [1.29, 1.82) is 0 Å². The monoisotopic (exact) mass is 371 g/mol.